The van der Waals surface area contributed by atoms with Crippen molar-refractivity contribution in [3.63, 3.8) is 0 Å². The summed E-state index contributed by atoms with van der Waals surface area (Å²) in [6.07, 6.45) is 0. The van der Waals surface area contributed by atoms with Gasteiger partial charge >= 0.3 is 16.5 Å². The quantitative estimate of drug-likeness (QED) is 0.128. The Balaban J connectivity index is 0.00000145. The molecule has 0 radical (unpaired) electrons. The van der Waals surface area contributed by atoms with E-state index in [9.17, 15) is 0 Å². The van der Waals surface area contributed by atoms with Gasteiger partial charge in [-0.2, -0.15) is 0 Å². The van der Waals surface area contributed by atoms with Crippen LogP contribution < -0.4 is 0 Å². The summed E-state index contributed by atoms with van der Waals surface area (Å²) in [5.74, 6) is 0. The first-order chi connectivity index (χ1) is 34.2. The lowest BCUT2D eigenvalue weighted by Gasteiger charge is -2.31. The lowest BCUT2D eigenvalue weighted by Crippen LogP contribution is -2.18. The van der Waals surface area contributed by atoms with Gasteiger partial charge in [-0.15, -0.1) is 0 Å². The third-order valence-corrected chi connectivity index (χ3v) is 14.3. The third-order valence-electron chi connectivity index (χ3n) is 14.3. The molecule has 6 aromatic rings. The zero-order chi connectivity index (χ0) is 58.3. The van der Waals surface area contributed by atoms with Crippen LogP contribution in [0, 0.1) is 0 Å². The van der Waals surface area contributed by atoms with Crippen molar-refractivity contribution in [1.29, 1.82) is 0 Å². The SMILES string of the molecule is CC(C)(C)c1ccc(-c2ccc(-c3ccc(-c4ccc(C(C)(C)C)cc4C(C)(C)C)c(-c4ccc(C(C)(C)C)cc4C(C)(C)C)c3)cc2-c2ccc(C(C)(C)C)cc2C(C)(C)C)c(C(C)(C)C)c1.O=[PH](O)O.O=[PH](O)O. The monoisotopic (exact) mass is 1070 g/mol. The summed E-state index contributed by atoms with van der Waals surface area (Å²) in [6.45, 7) is 56.5. The minimum atomic E-state index is -3.13. The summed E-state index contributed by atoms with van der Waals surface area (Å²) in [6, 6.07) is 43.9. The summed E-state index contributed by atoms with van der Waals surface area (Å²) >= 11 is 0. The van der Waals surface area contributed by atoms with E-state index >= 15 is 0 Å². The molecule has 76 heavy (non-hydrogen) atoms. The molecule has 0 fully saturated rings. The van der Waals surface area contributed by atoms with E-state index in [2.05, 4.69) is 275 Å². The fourth-order valence-electron chi connectivity index (χ4n) is 9.83. The van der Waals surface area contributed by atoms with Crippen LogP contribution in [-0.4, -0.2) is 19.6 Å². The number of benzene rings is 6. The molecule has 0 amide bonds. The van der Waals surface area contributed by atoms with Crippen LogP contribution in [0.15, 0.2) is 109 Å². The minimum absolute atomic E-state index is 0.0282. The zero-order valence-corrected chi connectivity index (χ0v) is 53.0. The highest BCUT2D eigenvalue weighted by molar-refractivity contribution is 7.31. The molecule has 0 aromatic heterocycles. The number of hydrogen-bond acceptors (Lipinski definition) is 2. The molecule has 6 rings (SSSR count). The smallest absolute Gasteiger partial charge is 0.314 e. The van der Waals surface area contributed by atoms with E-state index in [0.717, 1.165) is 0 Å². The molecule has 0 saturated heterocycles. The highest BCUT2D eigenvalue weighted by Crippen LogP contribution is 2.49. The summed E-state index contributed by atoms with van der Waals surface area (Å²) in [5.41, 5.74) is 23.7. The highest BCUT2D eigenvalue weighted by atomic mass is 31.1. The molecule has 0 bridgehead atoms. The van der Waals surface area contributed by atoms with Crippen LogP contribution in [0.4, 0.5) is 0 Å². The van der Waals surface area contributed by atoms with Gasteiger partial charge in [0.25, 0.3) is 0 Å². The molecule has 0 aliphatic heterocycles. The van der Waals surface area contributed by atoms with Crippen LogP contribution in [-0.2, 0) is 52.5 Å². The molecule has 0 unspecified atom stereocenters. The van der Waals surface area contributed by atoms with Crippen molar-refractivity contribution < 1.29 is 28.7 Å². The molecule has 0 aliphatic carbocycles. The van der Waals surface area contributed by atoms with Crippen molar-refractivity contribution in [2.24, 2.45) is 0 Å². The molecule has 0 atom stereocenters. The fourth-order valence-corrected chi connectivity index (χ4v) is 9.83. The van der Waals surface area contributed by atoms with Crippen LogP contribution in [0.1, 0.15) is 211 Å². The molecule has 414 valence electrons. The van der Waals surface area contributed by atoms with Gasteiger partial charge in [-0.3, -0.25) is 9.13 Å². The van der Waals surface area contributed by atoms with Gasteiger partial charge in [-0.1, -0.05) is 263 Å². The Bertz CT molecular complexity index is 2850. The van der Waals surface area contributed by atoms with Gasteiger partial charge in [-0.05, 0) is 156 Å². The molecule has 4 N–H and O–H groups in total. The van der Waals surface area contributed by atoms with E-state index in [0.29, 0.717) is 0 Å². The zero-order valence-electron chi connectivity index (χ0n) is 51.0. The van der Waals surface area contributed by atoms with Crippen molar-refractivity contribution in [2.45, 2.75) is 209 Å². The van der Waals surface area contributed by atoms with E-state index in [1.54, 1.807) is 0 Å². The second-order valence-electron chi connectivity index (χ2n) is 29.1. The molecule has 0 heterocycles. The summed E-state index contributed by atoms with van der Waals surface area (Å²) in [7, 11) is -6.26. The van der Waals surface area contributed by atoms with Gasteiger partial charge in [0, 0.05) is 0 Å². The second-order valence-corrected chi connectivity index (χ2v) is 30.3. The van der Waals surface area contributed by atoms with Crippen LogP contribution >= 0.6 is 16.5 Å². The molecular weight excluding hydrogens is 975 g/mol. The maximum absolute atomic E-state index is 8.74. The van der Waals surface area contributed by atoms with E-state index < -0.39 is 16.5 Å². The van der Waals surface area contributed by atoms with E-state index in [1.165, 1.54) is 100 Å². The maximum atomic E-state index is 8.74. The largest absolute Gasteiger partial charge is 0.326 e. The van der Waals surface area contributed by atoms with Crippen LogP contribution in [0.3, 0.4) is 0 Å². The van der Waals surface area contributed by atoms with Gasteiger partial charge in [0.2, 0.25) is 0 Å². The van der Waals surface area contributed by atoms with Crippen molar-refractivity contribution in [3.8, 4) is 55.6 Å². The van der Waals surface area contributed by atoms with Gasteiger partial charge in [0.1, 0.15) is 0 Å². The topological polar surface area (TPSA) is 115 Å². The van der Waals surface area contributed by atoms with Gasteiger partial charge in [0.15, 0.2) is 0 Å². The number of hydrogen-bond donors (Lipinski definition) is 4. The van der Waals surface area contributed by atoms with Gasteiger partial charge in [0.05, 0.1) is 0 Å². The molecule has 0 spiro atoms. The fraction of sp³-hybridized carbons (Fsp3) is 0.471. The maximum Gasteiger partial charge on any atom is 0.314 e. The first kappa shape index (κ1) is 64.1. The standard InChI is InChI=1S/C68H90.2H3O3P/c1-61(2,3)45-27-33-51(57(39-45)65(13,14)15)49-31-25-43(37-55(49)53-35-29-47(63(7,8)9)41-59(53)67(19,20)21)44-26-32-50(52-34-28-46(62(4,5)6)40-58(52)66(16,17)18)56(38-44)54-36-30-48(64(10,11)12)42-60(54)68(22,23)24;2*1-4(2)3/h25-42H,1-24H3;2*4H,(H2,1,2,3). The average molecular weight is 1070 g/mol. The van der Waals surface area contributed by atoms with Crippen molar-refractivity contribution in [3.05, 3.63) is 154 Å². The molecule has 0 aliphatic rings. The predicted octanol–water partition coefficient (Wildman–Crippen LogP) is 19.1. The van der Waals surface area contributed by atoms with Crippen LogP contribution in [0.2, 0.25) is 0 Å². The molecule has 6 aromatic carbocycles. The lowest BCUT2D eigenvalue weighted by atomic mass is 9.73. The van der Waals surface area contributed by atoms with Gasteiger partial charge in [-0.25, -0.2) is 0 Å². The Labute approximate surface area is 461 Å². The Morgan fingerprint density at radius 2 is 0.408 bits per heavy atom. The predicted molar refractivity (Wildman–Crippen MR) is 330 cm³/mol. The molecule has 8 heteroatoms. The van der Waals surface area contributed by atoms with Crippen molar-refractivity contribution in [2.75, 3.05) is 0 Å². The van der Waals surface area contributed by atoms with Gasteiger partial charge < -0.3 is 19.6 Å². The van der Waals surface area contributed by atoms with E-state index in [4.69, 9.17) is 28.7 Å². The Morgan fingerprint density at radius 3 is 0.579 bits per heavy atom. The van der Waals surface area contributed by atoms with Crippen LogP contribution in [0.5, 0.6) is 0 Å². The summed E-state index contributed by atoms with van der Waals surface area (Å²) in [4.78, 5) is 28.6. The molecule has 6 nitrogen and oxygen atoms in total. The van der Waals surface area contributed by atoms with E-state index in [-0.39, 0.29) is 43.3 Å². The minimum Gasteiger partial charge on any atom is -0.326 e. The van der Waals surface area contributed by atoms with Crippen molar-refractivity contribution in [1.82, 2.24) is 0 Å². The Morgan fingerprint density at radius 1 is 0.237 bits per heavy atom. The lowest BCUT2D eigenvalue weighted by molar-refractivity contribution is 0.403. The number of rotatable bonds is 5. The Kier molecular flexibility index (Phi) is 19.5. The van der Waals surface area contributed by atoms with Crippen LogP contribution in [0.25, 0.3) is 55.6 Å². The summed E-state index contributed by atoms with van der Waals surface area (Å²) in [5, 5.41) is 0. The van der Waals surface area contributed by atoms with Crippen molar-refractivity contribution >= 4 is 16.5 Å². The normalized spacial score (nSPS) is 13.1. The highest BCUT2D eigenvalue weighted by Gasteiger charge is 2.31. The second kappa shape index (κ2) is 23.1. The van der Waals surface area contributed by atoms with E-state index in [1.807, 2.05) is 0 Å². The first-order valence-electron chi connectivity index (χ1n) is 27.0. The molecular formula is C68H96O6P2. The summed E-state index contributed by atoms with van der Waals surface area (Å²) < 4.78 is 17.5. The Hall–Kier alpha value is -4.38. The molecule has 0 saturated carbocycles. The first-order valence-corrected chi connectivity index (χ1v) is 29.6. The third kappa shape index (κ3) is 16.3. The average Bonchev–Trinajstić information content (AvgIpc) is 3.25.